The first-order valence-corrected chi connectivity index (χ1v) is 13.8. The SMILES string of the molecule is COc1cc(C([CH]Cc2cc(C(F)(F)F)cc(C(F)(F)F)c2)N2CCN(C3CCCCC3)CC2)cc(OC)c1OC. The van der Waals surface area contributed by atoms with E-state index in [2.05, 4.69) is 9.80 Å². The van der Waals surface area contributed by atoms with E-state index in [1.165, 1.54) is 53.4 Å². The Bertz CT molecular complexity index is 1100. The average molecular weight is 588 g/mol. The number of piperazine rings is 1. The van der Waals surface area contributed by atoms with Crippen LogP contribution in [0.5, 0.6) is 17.2 Å². The minimum absolute atomic E-state index is 0.0644. The first kappa shape index (κ1) is 31.3. The second-order valence-electron chi connectivity index (χ2n) is 10.6. The van der Waals surface area contributed by atoms with E-state index in [1.807, 2.05) is 0 Å². The quantitative estimate of drug-likeness (QED) is 0.290. The highest BCUT2D eigenvalue weighted by Gasteiger charge is 2.37. The Morgan fingerprint density at radius 1 is 0.756 bits per heavy atom. The lowest BCUT2D eigenvalue weighted by Gasteiger charge is -2.43. The number of methoxy groups -OCH3 is 3. The summed E-state index contributed by atoms with van der Waals surface area (Å²) < 4.78 is 97.4. The van der Waals surface area contributed by atoms with Crippen LogP contribution in [0.3, 0.4) is 0 Å². The van der Waals surface area contributed by atoms with Gasteiger partial charge in [0, 0.05) is 38.3 Å². The number of alkyl halides is 6. The first-order chi connectivity index (χ1) is 19.4. The van der Waals surface area contributed by atoms with Crippen LogP contribution < -0.4 is 14.2 Å². The number of ether oxygens (including phenoxy) is 3. The summed E-state index contributed by atoms with van der Waals surface area (Å²) >= 11 is 0. The van der Waals surface area contributed by atoms with Crippen molar-refractivity contribution in [3.8, 4) is 17.2 Å². The minimum Gasteiger partial charge on any atom is -0.493 e. The van der Waals surface area contributed by atoms with Crippen molar-refractivity contribution in [3.63, 3.8) is 0 Å². The monoisotopic (exact) mass is 587 g/mol. The fraction of sp³-hybridized carbons (Fsp3) is 0.567. The van der Waals surface area contributed by atoms with Crippen LogP contribution in [0.2, 0.25) is 0 Å². The van der Waals surface area contributed by atoms with Gasteiger partial charge in [0.1, 0.15) is 0 Å². The molecule has 1 radical (unpaired) electrons. The topological polar surface area (TPSA) is 34.2 Å². The molecule has 1 aliphatic carbocycles. The van der Waals surface area contributed by atoms with Crippen LogP contribution in [0.4, 0.5) is 26.3 Å². The van der Waals surface area contributed by atoms with Gasteiger partial charge in [-0.1, -0.05) is 19.3 Å². The van der Waals surface area contributed by atoms with E-state index < -0.39 is 29.5 Å². The molecule has 0 bridgehead atoms. The second-order valence-corrected chi connectivity index (χ2v) is 10.6. The van der Waals surface area contributed by atoms with Crippen molar-refractivity contribution in [3.05, 3.63) is 59.0 Å². The Morgan fingerprint density at radius 2 is 1.29 bits per heavy atom. The molecule has 5 nitrogen and oxygen atoms in total. The molecule has 1 heterocycles. The molecular weight excluding hydrogens is 550 g/mol. The van der Waals surface area contributed by atoms with E-state index in [0.717, 1.165) is 30.8 Å². The van der Waals surface area contributed by atoms with Crippen molar-refractivity contribution in [2.75, 3.05) is 47.5 Å². The predicted molar refractivity (Wildman–Crippen MR) is 143 cm³/mol. The maximum Gasteiger partial charge on any atom is 0.416 e. The summed E-state index contributed by atoms with van der Waals surface area (Å²) in [5.74, 6) is 1.23. The summed E-state index contributed by atoms with van der Waals surface area (Å²) in [7, 11) is 4.47. The first-order valence-electron chi connectivity index (χ1n) is 13.8. The fourth-order valence-electron chi connectivity index (χ4n) is 5.98. The van der Waals surface area contributed by atoms with Crippen LogP contribution in [-0.4, -0.2) is 63.4 Å². The van der Waals surface area contributed by atoms with E-state index in [-0.39, 0.29) is 18.1 Å². The van der Waals surface area contributed by atoms with Gasteiger partial charge in [-0.25, -0.2) is 0 Å². The van der Waals surface area contributed by atoms with Crippen LogP contribution in [0.15, 0.2) is 30.3 Å². The maximum atomic E-state index is 13.5. The Hall–Kier alpha value is -2.66. The summed E-state index contributed by atoms with van der Waals surface area (Å²) in [6, 6.07) is 5.44. The third-order valence-corrected chi connectivity index (χ3v) is 8.09. The third-order valence-electron chi connectivity index (χ3n) is 8.09. The van der Waals surface area contributed by atoms with Crippen molar-refractivity contribution in [2.45, 2.75) is 63.0 Å². The van der Waals surface area contributed by atoms with Gasteiger partial charge < -0.3 is 14.2 Å². The zero-order chi connectivity index (χ0) is 29.8. The van der Waals surface area contributed by atoms with Crippen LogP contribution in [-0.2, 0) is 18.8 Å². The van der Waals surface area contributed by atoms with Gasteiger partial charge in [0.05, 0.1) is 32.5 Å². The summed E-state index contributed by atoms with van der Waals surface area (Å²) in [6.07, 6.45) is -2.06. The van der Waals surface area contributed by atoms with Crippen molar-refractivity contribution in [2.24, 2.45) is 0 Å². The van der Waals surface area contributed by atoms with Crippen molar-refractivity contribution in [1.82, 2.24) is 9.80 Å². The highest BCUT2D eigenvalue weighted by Crippen LogP contribution is 2.42. The minimum atomic E-state index is -4.90. The molecule has 2 fully saturated rings. The second kappa shape index (κ2) is 13.1. The number of nitrogens with zero attached hydrogens (tertiary/aromatic N) is 2. The standard InChI is InChI=1S/C30H37F6N2O3/c1-39-26-17-21(18-27(40-2)28(26)41-3)25(38-13-11-37(12-14-38)24-7-5-4-6-8-24)10-9-20-15-22(29(31,32)33)19-23(16-20)30(34,35)36/h10,15-19,24-25H,4-9,11-14H2,1-3H3. The molecule has 1 saturated carbocycles. The summed E-state index contributed by atoms with van der Waals surface area (Å²) in [5, 5.41) is 0. The molecule has 0 N–H and O–H groups in total. The van der Waals surface area contributed by atoms with Crippen LogP contribution in [0.25, 0.3) is 0 Å². The molecule has 0 aromatic heterocycles. The normalized spacial score (nSPS) is 18.8. The lowest BCUT2D eigenvalue weighted by molar-refractivity contribution is -0.143. The van der Waals surface area contributed by atoms with Gasteiger partial charge in [-0.2, -0.15) is 26.3 Å². The highest BCUT2D eigenvalue weighted by molar-refractivity contribution is 5.55. The van der Waals surface area contributed by atoms with E-state index in [1.54, 1.807) is 18.6 Å². The molecule has 0 amide bonds. The number of benzene rings is 2. The largest absolute Gasteiger partial charge is 0.493 e. The van der Waals surface area contributed by atoms with Gasteiger partial charge in [0.2, 0.25) is 5.75 Å². The van der Waals surface area contributed by atoms with Gasteiger partial charge in [0.25, 0.3) is 0 Å². The molecule has 1 unspecified atom stereocenters. The average Bonchev–Trinajstić information content (AvgIpc) is 2.96. The zero-order valence-electron chi connectivity index (χ0n) is 23.6. The Balaban J connectivity index is 1.64. The fourth-order valence-corrected chi connectivity index (χ4v) is 5.98. The van der Waals surface area contributed by atoms with Crippen molar-refractivity contribution < 1.29 is 40.6 Å². The summed E-state index contributed by atoms with van der Waals surface area (Å²) in [6.45, 7) is 3.07. The molecule has 1 saturated heterocycles. The number of hydrogen-bond acceptors (Lipinski definition) is 5. The van der Waals surface area contributed by atoms with E-state index in [0.29, 0.717) is 36.4 Å². The van der Waals surface area contributed by atoms with Gasteiger partial charge in [-0.05, 0) is 67.1 Å². The molecule has 1 aliphatic heterocycles. The third kappa shape index (κ3) is 7.60. The maximum absolute atomic E-state index is 13.5. The highest BCUT2D eigenvalue weighted by atomic mass is 19.4. The van der Waals surface area contributed by atoms with Crippen LogP contribution >= 0.6 is 0 Å². The zero-order valence-corrected chi connectivity index (χ0v) is 23.6. The Kier molecular flexibility index (Phi) is 10.00. The van der Waals surface area contributed by atoms with Crippen molar-refractivity contribution in [1.29, 1.82) is 0 Å². The molecule has 4 rings (SSSR count). The molecule has 2 aliphatic rings. The molecule has 11 heteroatoms. The Labute approximate surface area is 237 Å². The molecule has 0 spiro atoms. The molecule has 41 heavy (non-hydrogen) atoms. The number of hydrogen-bond donors (Lipinski definition) is 0. The van der Waals surface area contributed by atoms with Gasteiger partial charge in [-0.15, -0.1) is 0 Å². The van der Waals surface area contributed by atoms with Gasteiger partial charge in [-0.3, -0.25) is 9.80 Å². The van der Waals surface area contributed by atoms with Crippen molar-refractivity contribution >= 4 is 0 Å². The van der Waals surface area contributed by atoms with Crippen LogP contribution in [0.1, 0.15) is 60.4 Å². The smallest absolute Gasteiger partial charge is 0.416 e. The summed E-state index contributed by atoms with van der Waals surface area (Å²) in [5.41, 5.74) is -1.96. The lowest BCUT2D eigenvalue weighted by Crippen LogP contribution is -2.51. The van der Waals surface area contributed by atoms with E-state index >= 15 is 0 Å². The molecule has 1 atom stereocenters. The Morgan fingerprint density at radius 3 is 1.76 bits per heavy atom. The molecule has 2 aromatic carbocycles. The van der Waals surface area contributed by atoms with Crippen LogP contribution in [0, 0.1) is 6.42 Å². The van der Waals surface area contributed by atoms with Gasteiger partial charge >= 0.3 is 12.4 Å². The van der Waals surface area contributed by atoms with Gasteiger partial charge in [0.15, 0.2) is 11.5 Å². The molecular formula is C30H37F6N2O3. The molecule has 227 valence electrons. The number of halogens is 6. The predicted octanol–water partition coefficient (Wildman–Crippen LogP) is 7.19. The lowest BCUT2D eigenvalue weighted by atomic mass is 9.92. The van der Waals surface area contributed by atoms with E-state index in [4.69, 9.17) is 14.2 Å². The molecule has 2 aromatic rings. The number of rotatable bonds is 9. The van der Waals surface area contributed by atoms with E-state index in [9.17, 15) is 26.3 Å². The summed E-state index contributed by atoms with van der Waals surface area (Å²) in [4.78, 5) is 4.71.